The first-order valence-corrected chi connectivity index (χ1v) is 6.04. The lowest BCUT2D eigenvalue weighted by molar-refractivity contribution is 0.535. The van der Waals surface area contributed by atoms with Gasteiger partial charge >= 0.3 is 0 Å². The second-order valence-corrected chi connectivity index (χ2v) is 4.66. The molecule has 0 atom stereocenters. The smallest absolute Gasteiger partial charge is 0.140 e. The molecule has 0 aliphatic carbocycles. The molecule has 0 saturated heterocycles. The Bertz CT molecular complexity index is 637. The van der Waals surface area contributed by atoms with Crippen molar-refractivity contribution in [3.05, 3.63) is 46.9 Å². The molecule has 0 amide bonds. The van der Waals surface area contributed by atoms with Crippen molar-refractivity contribution < 1.29 is 4.39 Å². The van der Waals surface area contributed by atoms with Crippen molar-refractivity contribution in [2.75, 3.05) is 5.73 Å². The van der Waals surface area contributed by atoms with Crippen LogP contribution in [0.25, 0.3) is 0 Å². The van der Waals surface area contributed by atoms with E-state index in [0.29, 0.717) is 23.5 Å². The molecule has 0 unspecified atom stereocenters. The molecule has 0 aliphatic rings. The van der Waals surface area contributed by atoms with Gasteiger partial charge in [0.25, 0.3) is 0 Å². The van der Waals surface area contributed by atoms with E-state index >= 15 is 0 Å². The lowest BCUT2D eigenvalue weighted by Gasteiger charge is -2.06. The van der Waals surface area contributed by atoms with Gasteiger partial charge in [0.15, 0.2) is 0 Å². The molecule has 0 radical (unpaired) electrons. The summed E-state index contributed by atoms with van der Waals surface area (Å²) in [6.45, 7) is 3.88. The van der Waals surface area contributed by atoms with Crippen LogP contribution in [0.15, 0.2) is 24.3 Å². The summed E-state index contributed by atoms with van der Waals surface area (Å²) in [7, 11) is 0. The van der Waals surface area contributed by atoms with Gasteiger partial charge in [-0.05, 0) is 31.5 Å². The zero-order chi connectivity index (χ0) is 14.0. The minimum atomic E-state index is -0.299. The number of nitriles is 1. The van der Waals surface area contributed by atoms with Crippen molar-refractivity contribution in [1.29, 1.82) is 5.26 Å². The monoisotopic (exact) mass is 258 g/mol. The zero-order valence-electron chi connectivity index (χ0n) is 10.9. The summed E-state index contributed by atoms with van der Waals surface area (Å²) in [5.41, 5.74) is 7.63. The summed E-state index contributed by atoms with van der Waals surface area (Å²) in [4.78, 5) is 0. The topological polar surface area (TPSA) is 67.6 Å². The van der Waals surface area contributed by atoms with Gasteiger partial charge in [0.05, 0.1) is 5.69 Å². The minimum absolute atomic E-state index is 0.0772. The molecular formula is C14H15FN4. The Morgan fingerprint density at radius 2 is 2.21 bits per heavy atom. The Balaban J connectivity index is 2.41. The number of benzene rings is 1. The van der Waals surface area contributed by atoms with Gasteiger partial charge in [-0.15, -0.1) is 0 Å². The van der Waals surface area contributed by atoms with Crippen LogP contribution in [-0.4, -0.2) is 9.78 Å². The fraction of sp³-hybridized carbons (Fsp3) is 0.286. The highest BCUT2D eigenvalue weighted by atomic mass is 19.1. The van der Waals surface area contributed by atoms with E-state index in [1.54, 1.807) is 16.8 Å². The van der Waals surface area contributed by atoms with Crippen molar-refractivity contribution in [3.8, 4) is 6.07 Å². The maximum atomic E-state index is 13.1. The lowest BCUT2D eigenvalue weighted by Crippen LogP contribution is -2.07. The van der Waals surface area contributed by atoms with Crippen molar-refractivity contribution in [3.63, 3.8) is 0 Å². The van der Waals surface area contributed by atoms with Crippen LogP contribution in [0.5, 0.6) is 0 Å². The van der Waals surface area contributed by atoms with Crippen molar-refractivity contribution in [2.24, 2.45) is 0 Å². The van der Waals surface area contributed by atoms with Gasteiger partial charge in [-0.1, -0.05) is 12.1 Å². The summed E-state index contributed by atoms with van der Waals surface area (Å²) in [5, 5.41) is 13.5. The molecule has 1 heterocycles. The maximum Gasteiger partial charge on any atom is 0.140 e. The molecular weight excluding hydrogens is 243 g/mol. The summed E-state index contributed by atoms with van der Waals surface area (Å²) in [5.74, 6) is 0.0659. The molecule has 2 aromatic rings. The molecule has 0 saturated carbocycles. The highest BCUT2D eigenvalue weighted by molar-refractivity contribution is 5.53. The number of rotatable bonds is 3. The fourth-order valence-electron chi connectivity index (χ4n) is 1.98. The number of nitrogen functional groups attached to an aromatic ring is 1. The molecule has 0 fully saturated rings. The number of hydrogen-bond donors (Lipinski definition) is 1. The molecule has 5 heteroatoms. The van der Waals surface area contributed by atoms with Crippen molar-refractivity contribution in [2.45, 2.75) is 26.3 Å². The van der Waals surface area contributed by atoms with Gasteiger partial charge in [-0.25, -0.2) is 9.07 Å². The van der Waals surface area contributed by atoms with Crippen LogP contribution >= 0.6 is 0 Å². The number of anilines is 1. The van der Waals surface area contributed by atoms with E-state index in [0.717, 1.165) is 5.56 Å². The molecule has 2 N–H and O–H groups in total. The first-order valence-electron chi connectivity index (χ1n) is 6.04. The van der Waals surface area contributed by atoms with Crippen LogP contribution in [0, 0.1) is 17.1 Å². The molecule has 2 rings (SSSR count). The van der Waals surface area contributed by atoms with E-state index in [1.165, 1.54) is 12.1 Å². The predicted octanol–water partition coefficient (Wildman–Crippen LogP) is 2.65. The Labute approximate surface area is 111 Å². The number of hydrogen-bond acceptors (Lipinski definition) is 3. The van der Waals surface area contributed by atoms with Crippen molar-refractivity contribution in [1.82, 2.24) is 9.78 Å². The maximum absolute atomic E-state index is 13.1. The van der Waals surface area contributed by atoms with Crippen LogP contribution in [0.3, 0.4) is 0 Å². The second kappa shape index (κ2) is 5.11. The molecule has 1 aromatic carbocycles. The van der Waals surface area contributed by atoms with Gasteiger partial charge in [0.1, 0.15) is 23.3 Å². The van der Waals surface area contributed by atoms with Crippen LogP contribution in [0.1, 0.15) is 36.7 Å². The van der Waals surface area contributed by atoms with Gasteiger partial charge in [-0.3, -0.25) is 0 Å². The Hall–Kier alpha value is -2.35. The molecule has 0 bridgehead atoms. The Morgan fingerprint density at radius 1 is 1.47 bits per heavy atom. The quantitative estimate of drug-likeness (QED) is 0.920. The normalized spacial score (nSPS) is 10.7. The lowest BCUT2D eigenvalue weighted by atomic mass is 10.1. The van der Waals surface area contributed by atoms with Crippen LogP contribution < -0.4 is 5.73 Å². The van der Waals surface area contributed by atoms with Gasteiger partial charge < -0.3 is 5.73 Å². The molecule has 4 nitrogen and oxygen atoms in total. The number of halogens is 1. The fourth-order valence-corrected chi connectivity index (χ4v) is 1.98. The van der Waals surface area contributed by atoms with E-state index in [1.807, 2.05) is 13.8 Å². The second-order valence-electron chi connectivity index (χ2n) is 4.66. The number of nitrogens with two attached hydrogens (primary N) is 1. The van der Waals surface area contributed by atoms with Crippen LogP contribution in [0.4, 0.5) is 10.2 Å². The van der Waals surface area contributed by atoms with E-state index < -0.39 is 0 Å². The van der Waals surface area contributed by atoms with E-state index in [4.69, 9.17) is 11.0 Å². The molecule has 0 aliphatic heterocycles. The molecule has 19 heavy (non-hydrogen) atoms. The largest absolute Gasteiger partial charge is 0.383 e. The third-order valence-corrected chi connectivity index (χ3v) is 2.88. The standard InChI is InChI=1S/C14H15FN4/c1-9(2)19-14(17)12(8-16)13(18-19)7-10-4-3-5-11(15)6-10/h3-6,9H,7,17H2,1-2H3. The van der Waals surface area contributed by atoms with E-state index in [9.17, 15) is 4.39 Å². The van der Waals surface area contributed by atoms with Gasteiger partial charge in [0, 0.05) is 12.5 Å². The Morgan fingerprint density at radius 3 is 2.79 bits per heavy atom. The molecule has 98 valence electrons. The minimum Gasteiger partial charge on any atom is -0.383 e. The highest BCUT2D eigenvalue weighted by Gasteiger charge is 2.17. The van der Waals surface area contributed by atoms with E-state index in [2.05, 4.69) is 11.2 Å². The predicted molar refractivity (Wildman–Crippen MR) is 70.9 cm³/mol. The van der Waals surface area contributed by atoms with Crippen molar-refractivity contribution >= 4 is 5.82 Å². The molecule has 0 spiro atoms. The first-order chi connectivity index (χ1) is 9.02. The average Bonchev–Trinajstić information content (AvgIpc) is 2.66. The first kappa shape index (κ1) is 13.1. The average molecular weight is 258 g/mol. The highest BCUT2D eigenvalue weighted by Crippen LogP contribution is 2.22. The number of aromatic nitrogens is 2. The third-order valence-electron chi connectivity index (χ3n) is 2.88. The summed E-state index contributed by atoms with van der Waals surface area (Å²) >= 11 is 0. The zero-order valence-corrected chi connectivity index (χ0v) is 10.9. The van der Waals surface area contributed by atoms with Gasteiger partial charge in [-0.2, -0.15) is 10.4 Å². The van der Waals surface area contributed by atoms with Crippen LogP contribution in [-0.2, 0) is 6.42 Å². The third kappa shape index (κ3) is 2.58. The van der Waals surface area contributed by atoms with E-state index in [-0.39, 0.29) is 11.9 Å². The summed E-state index contributed by atoms with van der Waals surface area (Å²) in [6.07, 6.45) is 0.393. The Kier molecular flexibility index (Phi) is 3.52. The van der Waals surface area contributed by atoms with Crippen LogP contribution in [0.2, 0.25) is 0 Å². The summed E-state index contributed by atoms with van der Waals surface area (Å²) < 4.78 is 14.8. The summed E-state index contributed by atoms with van der Waals surface area (Å²) in [6, 6.07) is 8.41. The van der Waals surface area contributed by atoms with Gasteiger partial charge in [0.2, 0.25) is 0 Å². The SMILES string of the molecule is CC(C)n1nc(Cc2cccc(F)c2)c(C#N)c1N. The number of nitrogens with zero attached hydrogens (tertiary/aromatic N) is 3. The molecule has 1 aromatic heterocycles.